The van der Waals surface area contributed by atoms with Crippen molar-refractivity contribution in [1.82, 2.24) is 4.90 Å². The molecule has 1 aliphatic heterocycles. The van der Waals surface area contributed by atoms with E-state index < -0.39 is 32.5 Å². The number of halogens is 1. The summed E-state index contributed by atoms with van der Waals surface area (Å²) in [6.45, 7) is 21.3. The van der Waals surface area contributed by atoms with Crippen molar-refractivity contribution >= 4 is 37.5 Å². The normalized spacial score (nSPS) is 16.8. The molecule has 1 heterocycles. The van der Waals surface area contributed by atoms with Crippen LogP contribution in [0.25, 0.3) is 10.8 Å². The van der Waals surface area contributed by atoms with E-state index in [-0.39, 0.29) is 5.82 Å². The van der Waals surface area contributed by atoms with Crippen molar-refractivity contribution in [1.29, 1.82) is 0 Å². The largest absolute Gasteiger partial charge is 0.495 e. The van der Waals surface area contributed by atoms with Crippen LogP contribution < -0.4 is 10.2 Å². The van der Waals surface area contributed by atoms with Gasteiger partial charge in [0.25, 0.3) is 0 Å². The summed E-state index contributed by atoms with van der Waals surface area (Å²) in [7, 11) is 0.329. The molecule has 0 spiro atoms. The number of amides is 1. The Hall–Kier alpha value is -2.34. The Bertz CT molecular complexity index is 1240. The zero-order chi connectivity index (χ0) is 28.8. The van der Waals surface area contributed by atoms with Crippen molar-refractivity contribution in [3.8, 4) is 17.2 Å². The molecule has 3 rings (SSSR count). The van der Waals surface area contributed by atoms with Crippen LogP contribution in [0.2, 0.25) is 16.6 Å². The minimum absolute atomic E-state index is 0.330. The number of ether oxygens (including phenoxy) is 1. The third-order valence-electron chi connectivity index (χ3n) is 8.42. The smallest absolute Gasteiger partial charge is 0.410 e. The summed E-state index contributed by atoms with van der Waals surface area (Å²) in [4.78, 5) is 13.7. The SMILES string of the molecule is CC(C)[Si](C#Cc1c(F)ccc2cc(OC(=O)N(C)C)cc(B3OC(C)(C)C(C)(C)O3)c12)(C(C)C)C(C)C. The first-order chi connectivity index (χ1) is 17.4. The van der Waals surface area contributed by atoms with Crippen molar-refractivity contribution in [2.75, 3.05) is 14.1 Å². The van der Waals surface area contributed by atoms with Crippen molar-refractivity contribution in [2.45, 2.75) is 97.1 Å². The van der Waals surface area contributed by atoms with E-state index in [4.69, 9.17) is 14.0 Å². The lowest BCUT2D eigenvalue weighted by atomic mass is 9.74. The molecule has 1 fully saturated rings. The monoisotopic (exact) mass is 539 g/mol. The van der Waals surface area contributed by atoms with Crippen molar-refractivity contribution in [3.63, 3.8) is 0 Å². The van der Waals surface area contributed by atoms with Crippen LogP contribution in [-0.4, -0.2) is 51.5 Å². The third kappa shape index (κ3) is 5.38. The molecule has 0 saturated carbocycles. The zero-order valence-corrected chi connectivity index (χ0v) is 26.1. The molecule has 0 aliphatic carbocycles. The summed E-state index contributed by atoms with van der Waals surface area (Å²) in [5.74, 6) is 3.28. The van der Waals surface area contributed by atoms with Crippen LogP contribution >= 0.6 is 0 Å². The maximum Gasteiger partial charge on any atom is 0.495 e. The average molecular weight is 540 g/mol. The molecule has 206 valence electrons. The molecule has 1 aliphatic rings. The average Bonchev–Trinajstić information content (AvgIpc) is 3.00. The van der Waals surface area contributed by atoms with Crippen molar-refractivity contribution in [3.05, 3.63) is 35.6 Å². The van der Waals surface area contributed by atoms with E-state index in [2.05, 4.69) is 53.0 Å². The summed E-state index contributed by atoms with van der Waals surface area (Å²) in [6.07, 6.45) is -0.507. The molecule has 0 aromatic heterocycles. The second kappa shape index (κ2) is 10.7. The third-order valence-corrected chi connectivity index (χ3v) is 14.7. The second-order valence-corrected chi connectivity index (χ2v) is 18.1. The number of hydrogen-bond donors (Lipinski definition) is 0. The Morgan fingerprint density at radius 1 is 0.974 bits per heavy atom. The Kier molecular flexibility index (Phi) is 8.48. The molecule has 2 aromatic carbocycles. The fourth-order valence-corrected chi connectivity index (χ4v) is 10.8. The number of fused-ring (bicyclic) bond motifs is 1. The first-order valence-corrected chi connectivity index (χ1v) is 15.7. The van der Waals surface area contributed by atoms with Crippen LogP contribution in [0.4, 0.5) is 9.18 Å². The van der Waals surface area contributed by atoms with E-state index >= 15 is 4.39 Å². The Morgan fingerprint density at radius 3 is 1.97 bits per heavy atom. The molecule has 0 unspecified atom stereocenters. The van der Waals surface area contributed by atoms with Crippen LogP contribution in [-0.2, 0) is 9.31 Å². The molecule has 5 nitrogen and oxygen atoms in total. The predicted molar refractivity (Wildman–Crippen MR) is 157 cm³/mol. The van der Waals surface area contributed by atoms with Gasteiger partial charge in [-0.15, -0.1) is 5.54 Å². The Labute approximate surface area is 229 Å². The van der Waals surface area contributed by atoms with Gasteiger partial charge in [-0.25, -0.2) is 9.18 Å². The van der Waals surface area contributed by atoms with Gasteiger partial charge in [0.15, 0.2) is 0 Å². The highest BCUT2D eigenvalue weighted by atomic mass is 28.3. The molecule has 0 bridgehead atoms. The van der Waals surface area contributed by atoms with Crippen LogP contribution in [0.3, 0.4) is 0 Å². The van der Waals surface area contributed by atoms with E-state index in [9.17, 15) is 4.79 Å². The molecule has 38 heavy (non-hydrogen) atoms. The minimum Gasteiger partial charge on any atom is -0.410 e. The van der Waals surface area contributed by atoms with Gasteiger partial charge in [-0.1, -0.05) is 53.5 Å². The Balaban J connectivity index is 2.34. The van der Waals surface area contributed by atoms with Crippen LogP contribution in [0, 0.1) is 17.3 Å². The number of rotatable bonds is 5. The van der Waals surface area contributed by atoms with Crippen LogP contribution in [0.15, 0.2) is 24.3 Å². The lowest BCUT2D eigenvalue weighted by molar-refractivity contribution is 0.00578. The second-order valence-electron chi connectivity index (χ2n) is 12.5. The van der Waals surface area contributed by atoms with Gasteiger partial charge >= 0.3 is 13.2 Å². The van der Waals surface area contributed by atoms with Crippen molar-refractivity contribution < 1.29 is 23.2 Å². The molecular weight excluding hydrogens is 496 g/mol. The molecule has 8 heteroatoms. The van der Waals surface area contributed by atoms with Crippen LogP contribution in [0.1, 0.15) is 74.8 Å². The summed E-state index contributed by atoms with van der Waals surface area (Å²) in [5, 5.41) is 1.33. The summed E-state index contributed by atoms with van der Waals surface area (Å²) < 4.78 is 34.0. The molecule has 1 saturated heterocycles. The van der Waals surface area contributed by atoms with Crippen molar-refractivity contribution in [2.24, 2.45) is 0 Å². The molecule has 0 N–H and O–H groups in total. The first kappa shape index (κ1) is 30.2. The topological polar surface area (TPSA) is 48.0 Å². The van der Waals surface area contributed by atoms with E-state index in [1.54, 1.807) is 32.3 Å². The fourth-order valence-electron chi connectivity index (χ4n) is 5.58. The number of nitrogens with zero attached hydrogens (tertiary/aromatic N) is 1. The summed E-state index contributed by atoms with van der Waals surface area (Å²) in [5.41, 5.74) is 4.62. The summed E-state index contributed by atoms with van der Waals surface area (Å²) >= 11 is 0. The molecule has 2 aromatic rings. The molecule has 0 radical (unpaired) electrons. The van der Waals surface area contributed by atoms with Gasteiger partial charge < -0.3 is 18.9 Å². The molecular formula is C30H43BFNO4Si. The van der Waals surface area contributed by atoms with E-state index in [1.807, 2.05) is 27.7 Å². The van der Waals surface area contributed by atoms with Gasteiger partial charge in [0, 0.05) is 19.5 Å². The fraction of sp³-hybridized carbons (Fsp3) is 0.567. The number of benzene rings is 2. The molecule has 0 atom stereocenters. The highest BCUT2D eigenvalue weighted by Crippen LogP contribution is 2.41. The zero-order valence-electron chi connectivity index (χ0n) is 25.1. The maximum absolute atomic E-state index is 15.6. The van der Waals surface area contributed by atoms with Gasteiger partial charge in [-0.2, -0.15) is 0 Å². The summed E-state index contributed by atoms with van der Waals surface area (Å²) in [6, 6.07) is 6.58. The predicted octanol–water partition coefficient (Wildman–Crippen LogP) is 6.91. The highest BCUT2D eigenvalue weighted by molar-refractivity contribution is 6.90. The van der Waals surface area contributed by atoms with Gasteiger partial charge in [-0.05, 0) is 73.4 Å². The standard InChI is InChI=1S/C30H43BFNO4Si/c1-19(2)38(20(3)4,21(5)6)16-15-24-26(32)14-13-22-17-23(35-28(34)33(11)12)18-25(27(22)24)31-36-29(7,8)30(9,10)37-31/h13-14,17-21H,1-12H3. The lowest BCUT2D eigenvalue weighted by Gasteiger charge is -2.38. The minimum atomic E-state index is -2.13. The van der Waals surface area contributed by atoms with Gasteiger partial charge in [0.2, 0.25) is 0 Å². The lowest BCUT2D eigenvalue weighted by Crippen LogP contribution is -2.43. The number of carbonyl (C=O) groups excluding carboxylic acids is 1. The van der Waals surface area contributed by atoms with Gasteiger partial charge in [0.05, 0.1) is 16.8 Å². The van der Waals surface area contributed by atoms with Crippen LogP contribution in [0.5, 0.6) is 5.75 Å². The van der Waals surface area contributed by atoms with Gasteiger partial charge in [-0.3, -0.25) is 0 Å². The maximum atomic E-state index is 15.6. The quantitative estimate of drug-likeness (QED) is 0.306. The van der Waals surface area contributed by atoms with E-state index in [0.29, 0.717) is 44.2 Å². The van der Waals surface area contributed by atoms with Gasteiger partial charge in [0.1, 0.15) is 19.6 Å². The van der Waals surface area contributed by atoms with E-state index in [0.717, 1.165) is 0 Å². The molecule has 1 amide bonds. The Morgan fingerprint density at radius 2 is 1.50 bits per heavy atom. The number of hydrogen-bond acceptors (Lipinski definition) is 4. The number of carbonyl (C=O) groups is 1. The van der Waals surface area contributed by atoms with E-state index in [1.165, 1.54) is 11.0 Å². The highest BCUT2D eigenvalue weighted by Gasteiger charge is 2.52. The first-order valence-electron chi connectivity index (χ1n) is 13.5.